The van der Waals surface area contributed by atoms with Crippen molar-refractivity contribution in [3.8, 4) is 6.07 Å². The lowest BCUT2D eigenvalue weighted by Gasteiger charge is -2.22. The van der Waals surface area contributed by atoms with E-state index in [1.165, 1.54) is 0 Å². The van der Waals surface area contributed by atoms with Crippen molar-refractivity contribution in [3.63, 3.8) is 0 Å². The normalized spacial score (nSPS) is 11.2. The molecule has 1 atom stereocenters. The topological polar surface area (TPSA) is 176 Å². The first kappa shape index (κ1) is 26.1. The van der Waals surface area contributed by atoms with Crippen molar-refractivity contribution in [3.05, 3.63) is 40.3 Å². The lowest BCUT2D eigenvalue weighted by molar-refractivity contribution is -0.144. The number of carbonyl (C=O) groups excluding carboxylic acids is 3. The van der Waals surface area contributed by atoms with Crippen LogP contribution >= 0.6 is 0 Å². The molecule has 2 N–H and O–H groups in total. The number of azide groups is 1. The fourth-order valence-electron chi connectivity index (χ4n) is 2.37. The molecule has 1 rings (SSSR count). The van der Waals surface area contributed by atoms with E-state index in [4.69, 9.17) is 25.0 Å². The number of hydrogen-bond donors (Lipinski definition) is 2. The molecule has 0 bridgehead atoms. The first-order valence-electron chi connectivity index (χ1n) is 9.73. The van der Waals surface area contributed by atoms with Crippen LogP contribution in [0.4, 0.5) is 15.3 Å². The number of alkyl carbamates (subject to hydrolysis) is 2. The highest BCUT2D eigenvalue weighted by atomic mass is 16.6. The third-order valence-corrected chi connectivity index (χ3v) is 3.70. The van der Waals surface area contributed by atoms with E-state index in [-0.39, 0.29) is 19.6 Å². The van der Waals surface area contributed by atoms with Gasteiger partial charge < -0.3 is 24.8 Å². The van der Waals surface area contributed by atoms with E-state index in [0.717, 1.165) is 0 Å². The fraction of sp³-hybridized carbons (Fsp3) is 0.500. The standard InChI is InChI=1S/C20H26N6O6/c1-20(2,3)32-19(29)24-16(17(27)30-12-10-21)9-6-11-23-18(28)31-13-14-7-4-5-8-15(14)25-26-22/h4-5,7-8,16H,6,9,11-13H2,1-3H3,(H,23,28)(H,24,29). The number of benzene rings is 1. The Bertz CT molecular complexity index is 885. The van der Waals surface area contributed by atoms with Crippen LogP contribution in [0.5, 0.6) is 0 Å². The van der Waals surface area contributed by atoms with Crippen LogP contribution in [0, 0.1) is 11.3 Å². The number of hydrogen-bond acceptors (Lipinski definition) is 8. The molecule has 32 heavy (non-hydrogen) atoms. The molecule has 0 radical (unpaired) electrons. The van der Waals surface area contributed by atoms with Crippen LogP contribution in [0.2, 0.25) is 0 Å². The first-order valence-corrected chi connectivity index (χ1v) is 9.73. The average molecular weight is 446 g/mol. The van der Waals surface area contributed by atoms with Gasteiger partial charge in [-0.15, -0.1) is 0 Å². The van der Waals surface area contributed by atoms with Crippen LogP contribution in [-0.4, -0.2) is 43.0 Å². The highest BCUT2D eigenvalue weighted by Gasteiger charge is 2.25. The van der Waals surface area contributed by atoms with E-state index in [2.05, 4.69) is 20.7 Å². The van der Waals surface area contributed by atoms with Crippen molar-refractivity contribution >= 4 is 23.8 Å². The lowest BCUT2D eigenvalue weighted by atomic mass is 10.1. The summed E-state index contributed by atoms with van der Waals surface area (Å²) >= 11 is 0. The van der Waals surface area contributed by atoms with E-state index < -0.39 is 36.4 Å². The molecule has 0 fully saturated rings. The summed E-state index contributed by atoms with van der Waals surface area (Å²) < 4.78 is 15.0. The molecule has 0 saturated carbocycles. The molecular weight excluding hydrogens is 420 g/mol. The van der Waals surface area contributed by atoms with E-state index in [1.54, 1.807) is 51.1 Å². The predicted octanol–water partition coefficient (Wildman–Crippen LogP) is 3.59. The Morgan fingerprint density at radius 2 is 1.94 bits per heavy atom. The number of nitriles is 1. The van der Waals surface area contributed by atoms with Gasteiger partial charge in [-0.05, 0) is 44.7 Å². The monoisotopic (exact) mass is 446 g/mol. The number of amides is 2. The molecule has 1 aromatic carbocycles. The van der Waals surface area contributed by atoms with E-state index in [9.17, 15) is 14.4 Å². The Morgan fingerprint density at radius 3 is 2.59 bits per heavy atom. The van der Waals surface area contributed by atoms with Crippen LogP contribution in [0.15, 0.2) is 29.4 Å². The first-order chi connectivity index (χ1) is 15.2. The summed E-state index contributed by atoms with van der Waals surface area (Å²) in [4.78, 5) is 38.6. The molecule has 2 amide bonds. The van der Waals surface area contributed by atoms with Gasteiger partial charge in [0.1, 0.15) is 24.3 Å². The average Bonchev–Trinajstić information content (AvgIpc) is 2.72. The molecule has 0 saturated heterocycles. The summed E-state index contributed by atoms with van der Waals surface area (Å²) in [7, 11) is 0. The van der Waals surface area contributed by atoms with Gasteiger partial charge in [-0.3, -0.25) is 0 Å². The fourth-order valence-corrected chi connectivity index (χ4v) is 2.37. The second-order valence-electron chi connectivity index (χ2n) is 7.43. The largest absolute Gasteiger partial charge is 0.449 e. The van der Waals surface area contributed by atoms with Crippen LogP contribution in [0.1, 0.15) is 39.2 Å². The highest BCUT2D eigenvalue weighted by Crippen LogP contribution is 2.19. The Morgan fingerprint density at radius 1 is 1.22 bits per heavy atom. The summed E-state index contributed by atoms with van der Waals surface area (Å²) in [6.45, 7) is 4.63. The number of esters is 1. The van der Waals surface area contributed by atoms with Gasteiger partial charge in [0.25, 0.3) is 0 Å². The number of carbonyl (C=O) groups is 3. The summed E-state index contributed by atoms with van der Waals surface area (Å²) in [5, 5.41) is 17.0. The number of ether oxygens (including phenoxy) is 3. The van der Waals surface area contributed by atoms with Crippen molar-refractivity contribution in [2.75, 3.05) is 13.2 Å². The van der Waals surface area contributed by atoms with Crippen molar-refractivity contribution in [2.45, 2.75) is 51.9 Å². The third kappa shape index (κ3) is 10.7. The zero-order valence-corrected chi connectivity index (χ0v) is 18.2. The van der Waals surface area contributed by atoms with Crippen LogP contribution in [0.3, 0.4) is 0 Å². The van der Waals surface area contributed by atoms with Crippen LogP contribution in [-0.2, 0) is 25.6 Å². The molecule has 0 spiro atoms. The molecule has 1 unspecified atom stereocenters. The van der Waals surface area contributed by atoms with E-state index in [0.29, 0.717) is 17.7 Å². The molecule has 0 aliphatic heterocycles. The second-order valence-corrected chi connectivity index (χ2v) is 7.43. The number of nitrogens with one attached hydrogen (secondary N) is 2. The molecule has 12 heteroatoms. The quantitative estimate of drug-likeness (QED) is 0.138. The second kappa shape index (κ2) is 13.4. The molecule has 0 aliphatic carbocycles. The summed E-state index contributed by atoms with van der Waals surface area (Å²) in [5.41, 5.74) is 8.71. The predicted molar refractivity (Wildman–Crippen MR) is 112 cm³/mol. The van der Waals surface area contributed by atoms with Crippen molar-refractivity contribution < 1.29 is 28.6 Å². The number of nitrogens with zero attached hydrogens (tertiary/aromatic N) is 4. The molecule has 12 nitrogen and oxygen atoms in total. The SMILES string of the molecule is CC(C)(C)OC(=O)NC(CCCNC(=O)OCc1ccccc1N=[N+]=[N-])C(=O)OCC#N. The number of rotatable bonds is 10. The van der Waals surface area contributed by atoms with Gasteiger partial charge in [0, 0.05) is 17.1 Å². The smallest absolute Gasteiger partial charge is 0.408 e. The highest BCUT2D eigenvalue weighted by molar-refractivity contribution is 5.81. The maximum Gasteiger partial charge on any atom is 0.408 e. The van der Waals surface area contributed by atoms with Crippen LogP contribution < -0.4 is 10.6 Å². The zero-order valence-electron chi connectivity index (χ0n) is 18.2. The lowest BCUT2D eigenvalue weighted by Crippen LogP contribution is -2.44. The van der Waals surface area contributed by atoms with Gasteiger partial charge in [0.2, 0.25) is 0 Å². The van der Waals surface area contributed by atoms with E-state index in [1.807, 2.05) is 0 Å². The van der Waals surface area contributed by atoms with Crippen molar-refractivity contribution in [2.24, 2.45) is 5.11 Å². The minimum atomic E-state index is -1.05. The molecule has 0 heterocycles. The van der Waals surface area contributed by atoms with Crippen LogP contribution in [0.25, 0.3) is 10.4 Å². The van der Waals surface area contributed by atoms with Gasteiger partial charge in [0.15, 0.2) is 6.61 Å². The molecule has 0 aromatic heterocycles. The molecule has 1 aromatic rings. The van der Waals surface area contributed by atoms with E-state index >= 15 is 0 Å². The van der Waals surface area contributed by atoms with Gasteiger partial charge in [-0.1, -0.05) is 29.4 Å². The van der Waals surface area contributed by atoms with Crippen molar-refractivity contribution in [1.82, 2.24) is 10.6 Å². The van der Waals surface area contributed by atoms with Gasteiger partial charge >= 0.3 is 18.2 Å². The minimum absolute atomic E-state index is 0.0929. The Balaban J connectivity index is 2.50. The molecule has 0 aliphatic rings. The maximum atomic E-state index is 12.1. The molecule has 172 valence electrons. The minimum Gasteiger partial charge on any atom is -0.449 e. The Hall–Kier alpha value is -3.97. The van der Waals surface area contributed by atoms with Crippen molar-refractivity contribution in [1.29, 1.82) is 5.26 Å². The summed E-state index contributed by atoms with van der Waals surface area (Å²) in [6, 6.07) is 7.30. The zero-order chi connectivity index (χ0) is 24.0. The summed E-state index contributed by atoms with van der Waals surface area (Å²) in [5.74, 6) is -0.783. The Labute approximate surface area is 185 Å². The maximum absolute atomic E-state index is 12.1. The summed E-state index contributed by atoms with van der Waals surface area (Å²) in [6.07, 6.45) is -1.08. The van der Waals surface area contributed by atoms with Gasteiger partial charge in [0.05, 0.1) is 0 Å². The molecular formula is C20H26N6O6. The van der Waals surface area contributed by atoms with Gasteiger partial charge in [-0.2, -0.15) is 5.26 Å². The Kier molecular flexibility index (Phi) is 10.9. The van der Waals surface area contributed by atoms with Gasteiger partial charge in [-0.25, -0.2) is 14.4 Å². The third-order valence-electron chi connectivity index (χ3n) is 3.70.